The summed E-state index contributed by atoms with van der Waals surface area (Å²) in [4.78, 5) is 16.9. The number of ether oxygens (including phenoxy) is 6. The monoisotopic (exact) mass is 835 g/mol. The molecule has 0 radical (unpaired) electrons. The normalized spacial score (nSPS) is 41.0. The molecule has 0 spiro atoms. The number of nitrogens with one attached hydrogen (secondary N) is 2. The zero-order valence-corrected chi connectivity index (χ0v) is 32.5. The molecule has 334 valence electrons. The van der Waals surface area contributed by atoms with E-state index in [1.165, 1.54) is 0 Å². The van der Waals surface area contributed by atoms with Gasteiger partial charge in [0.2, 0.25) is 6.29 Å². The van der Waals surface area contributed by atoms with Gasteiger partial charge in [-0.1, -0.05) is 0 Å². The van der Waals surface area contributed by atoms with Crippen molar-refractivity contribution in [2.24, 2.45) is 45.3 Å². The van der Waals surface area contributed by atoms with Gasteiger partial charge in [0.15, 0.2) is 24.3 Å². The van der Waals surface area contributed by atoms with Gasteiger partial charge >= 0.3 is 0 Å². The number of ketones is 1. The van der Waals surface area contributed by atoms with Gasteiger partial charge in [-0.2, -0.15) is 0 Å². The van der Waals surface area contributed by atoms with Gasteiger partial charge in [0, 0.05) is 38.5 Å². The van der Waals surface area contributed by atoms with E-state index in [1.807, 2.05) is 6.08 Å². The van der Waals surface area contributed by atoms with E-state index >= 15 is 0 Å². The molecule has 0 aromatic carbocycles. The fourth-order valence-corrected chi connectivity index (χ4v) is 8.00. The van der Waals surface area contributed by atoms with Crippen molar-refractivity contribution in [2.45, 2.75) is 142 Å². The molecule has 23 heteroatoms. The number of aliphatic hydroxyl groups excluding tert-OH is 6. The fourth-order valence-electron chi connectivity index (χ4n) is 8.00. The molecule has 4 heterocycles. The molecule has 5 aliphatic rings. The van der Waals surface area contributed by atoms with Gasteiger partial charge < -0.3 is 109 Å². The van der Waals surface area contributed by atoms with Crippen LogP contribution in [0.3, 0.4) is 0 Å². The number of carbonyl (C=O) groups is 1. The van der Waals surface area contributed by atoms with Gasteiger partial charge in [0.1, 0.15) is 60.7 Å². The molecule has 23 nitrogen and oxygen atoms in total. The number of aliphatic imine (C=N–C) groups is 1. The largest absolute Gasteiger partial charge is 0.467 e. The molecule has 5 rings (SSSR count). The topological polar surface area (TPSA) is 407 Å². The SMILES string of the molecule is NC[C@@H]1O[C@H](O[C@H]2[C@@H](O)[C@H](O[C@@H]3[C@@H](O)[C@H](CC(=O)[C@@H](O)CCN=C(N)N)C[C@H](N)[C@H]3O[C@H]3OC(CNCC4(O)CCNCC4)=CC[C@H]3N)O[C@@H]2CO)[C@H](N)[C@@H](O)[C@@H]1O. The third kappa shape index (κ3) is 11.6. The Balaban J connectivity index is 1.31. The molecular weight excluding hydrogens is 770 g/mol. The van der Waals surface area contributed by atoms with Crippen LogP contribution in [0, 0.1) is 5.92 Å². The highest BCUT2D eigenvalue weighted by Gasteiger charge is 2.54. The summed E-state index contributed by atoms with van der Waals surface area (Å²) in [5.74, 6) is -1.18. The Morgan fingerprint density at radius 3 is 2.28 bits per heavy atom. The van der Waals surface area contributed by atoms with Gasteiger partial charge in [0.05, 0.1) is 36.9 Å². The smallest absolute Gasteiger partial charge is 0.215 e. The minimum absolute atomic E-state index is 0.00896. The lowest BCUT2D eigenvalue weighted by molar-refractivity contribution is -0.283. The number of hydrogen-bond acceptors (Lipinski definition) is 21. The molecule has 1 saturated carbocycles. The summed E-state index contributed by atoms with van der Waals surface area (Å²) in [6.07, 6.45) is -14.8. The summed E-state index contributed by atoms with van der Waals surface area (Å²) in [6, 6.07) is -2.88. The van der Waals surface area contributed by atoms with Crippen molar-refractivity contribution in [3.63, 3.8) is 0 Å². The van der Waals surface area contributed by atoms with Crippen LogP contribution >= 0.6 is 0 Å². The maximum atomic E-state index is 13.1. The fraction of sp³-hybridized carbons (Fsp3) is 0.886. The van der Waals surface area contributed by atoms with Gasteiger partial charge in [0.25, 0.3) is 0 Å². The number of hydrogen-bond donors (Lipinski definition) is 15. The lowest BCUT2D eigenvalue weighted by Crippen LogP contribution is -2.64. The van der Waals surface area contributed by atoms with Gasteiger partial charge in [-0.25, -0.2) is 0 Å². The number of Topliss-reactive ketones (excluding diaryl/α,β-unsaturated/α-hetero) is 1. The standard InChI is InChI=1S/C35H65N9O14/c36-11-21-25(49)26(50)23(39)32(54-21)57-29-22(13-45)55-33(27(29)51)58-30-24(48)15(10-20(47)19(46)3-6-44-34(40)41)9-18(38)28(30)56-31-17(37)2-1-16(53-31)12-43-14-35(52)4-7-42-8-5-35/h1,15,17-19,21-33,42-43,45-46,48-52H,2-14,36-39H2,(H4,40,41,44)/t15-,17+,18-,19-,21-,22+,23+,24-,25+,26+,27+,28+,29+,30+,31+,32+,33-/m0/s1. The first kappa shape index (κ1) is 46.8. The van der Waals surface area contributed by atoms with E-state index in [1.54, 1.807) is 0 Å². The second-order valence-electron chi connectivity index (χ2n) is 15.9. The number of piperidine rings is 1. The van der Waals surface area contributed by atoms with Crippen LogP contribution in [0.5, 0.6) is 0 Å². The maximum Gasteiger partial charge on any atom is 0.215 e. The Labute approximate surface area is 336 Å². The number of aliphatic hydroxyl groups is 7. The van der Waals surface area contributed by atoms with Crippen molar-refractivity contribution in [3.05, 3.63) is 11.8 Å². The first-order chi connectivity index (χ1) is 27.5. The van der Waals surface area contributed by atoms with Crippen LogP contribution in [0.25, 0.3) is 0 Å². The highest BCUT2D eigenvalue weighted by molar-refractivity contribution is 5.83. The van der Waals surface area contributed by atoms with E-state index in [2.05, 4.69) is 15.6 Å². The zero-order chi connectivity index (χ0) is 42.3. The Kier molecular flexibility index (Phi) is 17.0. The van der Waals surface area contributed by atoms with Crippen molar-refractivity contribution in [2.75, 3.05) is 45.9 Å². The van der Waals surface area contributed by atoms with Crippen LogP contribution < -0.4 is 45.0 Å². The predicted octanol–water partition coefficient (Wildman–Crippen LogP) is -7.69. The molecule has 0 aromatic heterocycles. The minimum Gasteiger partial charge on any atom is -0.467 e. The zero-order valence-electron chi connectivity index (χ0n) is 32.5. The Morgan fingerprint density at radius 2 is 1.60 bits per heavy atom. The van der Waals surface area contributed by atoms with Crippen LogP contribution in [0.4, 0.5) is 0 Å². The number of nitrogens with two attached hydrogens (primary N) is 6. The second kappa shape index (κ2) is 21.0. The van der Waals surface area contributed by atoms with Crippen molar-refractivity contribution in [1.29, 1.82) is 0 Å². The molecule has 1 aliphatic carbocycles. The van der Waals surface area contributed by atoms with Gasteiger partial charge in [-0.15, -0.1) is 0 Å². The van der Waals surface area contributed by atoms with E-state index < -0.39 is 122 Å². The maximum absolute atomic E-state index is 13.1. The minimum atomic E-state index is -1.67. The number of nitrogens with zero attached hydrogens (tertiary/aromatic N) is 1. The summed E-state index contributed by atoms with van der Waals surface area (Å²) in [5.41, 5.74) is 34.7. The quantitative estimate of drug-likeness (QED) is 0.0450. The van der Waals surface area contributed by atoms with E-state index in [-0.39, 0.29) is 44.9 Å². The summed E-state index contributed by atoms with van der Waals surface area (Å²) < 4.78 is 36.3. The first-order valence-electron chi connectivity index (χ1n) is 19.9. The molecule has 0 aromatic rings. The van der Waals surface area contributed by atoms with Crippen molar-refractivity contribution >= 4 is 11.7 Å². The molecule has 0 unspecified atom stereocenters. The predicted molar refractivity (Wildman–Crippen MR) is 203 cm³/mol. The molecule has 4 fully saturated rings. The summed E-state index contributed by atoms with van der Waals surface area (Å²) in [7, 11) is 0. The first-order valence-corrected chi connectivity index (χ1v) is 19.9. The number of rotatable bonds is 18. The van der Waals surface area contributed by atoms with Crippen molar-refractivity contribution < 1.29 is 69.0 Å². The average molecular weight is 836 g/mol. The van der Waals surface area contributed by atoms with Crippen LogP contribution in [0.15, 0.2) is 16.8 Å². The molecule has 4 aliphatic heterocycles. The van der Waals surface area contributed by atoms with Gasteiger partial charge in [-0.3, -0.25) is 9.79 Å². The van der Waals surface area contributed by atoms with E-state index in [9.17, 15) is 40.5 Å². The third-order valence-corrected chi connectivity index (χ3v) is 11.5. The average Bonchev–Trinajstić information content (AvgIpc) is 3.48. The summed E-state index contributed by atoms with van der Waals surface area (Å²) in [5, 5.41) is 82.3. The molecule has 3 saturated heterocycles. The molecule has 58 heavy (non-hydrogen) atoms. The van der Waals surface area contributed by atoms with Crippen LogP contribution in [0.2, 0.25) is 0 Å². The van der Waals surface area contributed by atoms with Crippen molar-refractivity contribution in [3.8, 4) is 0 Å². The Hall–Kier alpha value is -2.24. The molecule has 21 N–H and O–H groups in total. The lowest BCUT2D eigenvalue weighted by Gasteiger charge is -2.46. The molecule has 0 bridgehead atoms. The second-order valence-corrected chi connectivity index (χ2v) is 15.9. The third-order valence-electron chi connectivity index (χ3n) is 11.5. The Morgan fingerprint density at radius 1 is 0.931 bits per heavy atom. The summed E-state index contributed by atoms with van der Waals surface area (Å²) >= 11 is 0. The lowest BCUT2D eigenvalue weighted by atomic mass is 9.76. The van der Waals surface area contributed by atoms with E-state index in [0.717, 1.165) is 0 Å². The highest BCUT2D eigenvalue weighted by atomic mass is 16.8. The van der Waals surface area contributed by atoms with E-state index in [4.69, 9.17) is 62.8 Å². The van der Waals surface area contributed by atoms with Gasteiger partial charge in [-0.05, 0) is 50.8 Å². The molecular formula is C35H65N9O14. The van der Waals surface area contributed by atoms with Crippen LogP contribution in [0.1, 0.15) is 38.5 Å². The highest BCUT2D eigenvalue weighted by Crippen LogP contribution is 2.37. The van der Waals surface area contributed by atoms with Crippen molar-refractivity contribution in [1.82, 2.24) is 10.6 Å². The van der Waals surface area contributed by atoms with Crippen LogP contribution in [-0.2, 0) is 33.2 Å². The number of guanidine groups is 1. The number of carbonyl (C=O) groups excluding carboxylic acids is 1. The van der Waals surface area contributed by atoms with Crippen LogP contribution in [-0.4, -0.2) is 197 Å². The molecule has 17 atom stereocenters. The molecule has 0 amide bonds. The summed E-state index contributed by atoms with van der Waals surface area (Å²) in [6.45, 7) is 1.13. The Bertz CT molecular complexity index is 1380. The van der Waals surface area contributed by atoms with E-state index in [0.29, 0.717) is 44.7 Å².